The summed E-state index contributed by atoms with van der Waals surface area (Å²) in [4.78, 5) is 14.3. The zero-order chi connectivity index (χ0) is 14.7. The van der Waals surface area contributed by atoms with Crippen LogP contribution in [0.1, 0.15) is 18.1 Å². The Balaban J connectivity index is 2.22. The van der Waals surface area contributed by atoms with Gasteiger partial charge in [0.15, 0.2) is 12.5 Å². The van der Waals surface area contributed by atoms with Gasteiger partial charge in [-0.2, -0.15) is 0 Å². The van der Waals surface area contributed by atoms with E-state index < -0.39 is 0 Å². The van der Waals surface area contributed by atoms with Crippen LogP contribution in [-0.4, -0.2) is 22.9 Å². The van der Waals surface area contributed by atoms with Gasteiger partial charge < -0.3 is 19.3 Å². The van der Waals surface area contributed by atoms with Crippen LogP contribution in [0.2, 0.25) is 0 Å². The molecule has 2 aliphatic rings. The fourth-order valence-electron chi connectivity index (χ4n) is 3.24. The quantitative estimate of drug-likeness (QED) is 0.864. The average molecular weight is 284 g/mol. The number of anilines is 1. The second-order valence-electron chi connectivity index (χ2n) is 5.61. The summed E-state index contributed by atoms with van der Waals surface area (Å²) in [5, 5.41) is 10.5. The lowest BCUT2D eigenvalue weighted by molar-refractivity contribution is 0.283. The summed E-state index contributed by atoms with van der Waals surface area (Å²) in [7, 11) is 1.74. The van der Waals surface area contributed by atoms with Gasteiger partial charge >= 0.3 is 0 Å². The third-order valence-corrected chi connectivity index (χ3v) is 4.43. The highest BCUT2D eigenvalue weighted by Gasteiger charge is 2.30. The van der Waals surface area contributed by atoms with Gasteiger partial charge in [0.2, 0.25) is 0 Å². The zero-order valence-corrected chi connectivity index (χ0v) is 12.0. The van der Waals surface area contributed by atoms with Crippen molar-refractivity contribution in [2.75, 3.05) is 18.2 Å². The zero-order valence-electron chi connectivity index (χ0n) is 12.0. The van der Waals surface area contributed by atoms with E-state index in [9.17, 15) is 9.90 Å². The van der Waals surface area contributed by atoms with Crippen LogP contribution in [0.25, 0.3) is 16.5 Å². The van der Waals surface area contributed by atoms with E-state index in [0.717, 1.165) is 34.4 Å². The van der Waals surface area contributed by atoms with E-state index in [1.807, 2.05) is 0 Å². The summed E-state index contributed by atoms with van der Waals surface area (Å²) in [6.45, 7) is 3.25. The molecule has 3 heterocycles. The Bertz CT molecular complexity index is 864. The predicted octanol–water partition coefficient (Wildman–Crippen LogP) is 1.60. The van der Waals surface area contributed by atoms with Crippen LogP contribution in [0.15, 0.2) is 23.0 Å². The smallest absolute Gasteiger partial charge is 0.251 e. The van der Waals surface area contributed by atoms with Crippen molar-refractivity contribution >= 4 is 22.2 Å². The van der Waals surface area contributed by atoms with Crippen molar-refractivity contribution in [2.24, 2.45) is 7.05 Å². The predicted molar refractivity (Wildman–Crippen MR) is 81.6 cm³/mol. The van der Waals surface area contributed by atoms with Crippen LogP contribution < -0.4 is 15.2 Å². The molecule has 0 radical (unpaired) electrons. The van der Waals surface area contributed by atoms with E-state index in [1.54, 1.807) is 11.6 Å². The first-order chi connectivity index (χ1) is 10.1. The molecule has 5 nitrogen and oxygen atoms in total. The number of aliphatic hydroxyl groups is 1. The molecule has 0 bridgehead atoms. The molecule has 0 saturated heterocycles. The summed E-state index contributed by atoms with van der Waals surface area (Å²) in [6, 6.07) is 3.56. The molecule has 5 heteroatoms. The first-order valence-corrected chi connectivity index (χ1v) is 6.97. The third-order valence-electron chi connectivity index (χ3n) is 4.43. The standard InChI is InChI=1S/C16H16N2O3/c1-9-3-4-18-8-21-16-14-12(6-11(9)15(16)18)10(7-19)5-13(20)17(14)2/h3,5-6,19H,4,7-8H2,1-2H3. The maximum absolute atomic E-state index is 12.1. The van der Waals surface area contributed by atoms with E-state index in [1.165, 1.54) is 11.6 Å². The average Bonchev–Trinajstić information content (AvgIpc) is 2.91. The number of ether oxygens (including phenoxy) is 1. The molecule has 0 spiro atoms. The molecule has 108 valence electrons. The van der Waals surface area contributed by atoms with Gasteiger partial charge in [0.25, 0.3) is 5.56 Å². The fraction of sp³-hybridized carbons (Fsp3) is 0.312. The fourth-order valence-corrected chi connectivity index (χ4v) is 3.24. The number of fused-ring (bicyclic) bond motifs is 2. The van der Waals surface area contributed by atoms with Crippen LogP contribution >= 0.6 is 0 Å². The Morgan fingerprint density at radius 2 is 2.19 bits per heavy atom. The second-order valence-corrected chi connectivity index (χ2v) is 5.61. The molecule has 0 unspecified atom stereocenters. The molecule has 0 amide bonds. The second kappa shape index (κ2) is 4.11. The van der Waals surface area contributed by atoms with Crippen LogP contribution in [0.3, 0.4) is 0 Å². The number of aromatic nitrogens is 1. The highest BCUT2D eigenvalue weighted by molar-refractivity contribution is 6.00. The van der Waals surface area contributed by atoms with Gasteiger partial charge in [0.1, 0.15) is 0 Å². The minimum atomic E-state index is -0.155. The van der Waals surface area contributed by atoms with Crippen LogP contribution in [0, 0.1) is 0 Å². The van der Waals surface area contributed by atoms with Crippen LogP contribution in [0.4, 0.5) is 5.69 Å². The van der Waals surface area contributed by atoms with E-state index in [0.29, 0.717) is 12.3 Å². The molecule has 1 N–H and O–H groups in total. The summed E-state index contributed by atoms with van der Waals surface area (Å²) in [5.74, 6) is 0.754. The molecule has 4 rings (SSSR count). The molecule has 21 heavy (non-hydrogen) atoms. The lowest BCUT2D eigenvalue weighted by atomic mass is 9.96. The van der Waals surface area contributed by atoms with Crippen LogP contribution in [0.5, 0.6) is 5.75 Å². The molecule has 0 saturated carbocycles. The van der Waals surface area contributed by atoms with Crippen molar-refractivity contribution in [3.05, 3.63) is 39.7 Å². The van der Waals surface area contributed by atoms with Crippen molar-refractivity contribution in [2.45, 2.75) is 13.5 Å². The molecule has 0 atom stereocenters. The lowest BCUT2D eigenvalue weighted by Gasteiger charge is -2.24. The van der Waals surface area contributed by atoms with Gasteiger partial charge in [-0.3, -0.25) is 4.79 Å². The van der Waals surface area contributed by atoms with E-state index in [2.05, 4.69) is 24.0 Å². The molecule has 0 aliphatic carbocycles. The van der Waals surface area contributed by atoms with Crippen molar-refractivity contribution in [1.29, 1.82) is 0 Å². The third kappa shape index (κ3) is 1.52. The molecule has 1 aromatic carbocycles. The van der Waals surface area contributed by atoms with Crippen molar-refractivity contribution < 1.29 is 9.84 Å². The molecule has 1 aromatic heterocycles. The van der Waals surface area contributed by atoms with Gasteiger partial charge in [0, 0.05) is 30.6 Å². The number of allylic oxidation sites excluding steroid dienone is 1. The number of aliphatic hydroxyl groups excluding tert-OH is 1. The highest BCUT2D eigenvalue weighted by Crippen LogP contribution is 2.47. The number of pyridine rings is 1. The number of benzene rings is 1. The van der Waals surface area contributed by atoms with E-state index >= 15 is 0 Å². The van der Waals surface area contributed by atoms with E-state index in [-0.39, 0.29) is 12.2 Å². The summed E-state index contributed by atoms with van der Waals surface area (Å²) < 4.78 is 7.47. The topological polar surface area (TPSA) is 54.7 Å². The molecule has 2 aliphatic heterocycles. The number of hydrogen-bond donors (Lipinski definition) is 1. The Kier molecular flexibility index (Phi) is 2.44. The highest BCUT2D eigenvalue weighted by atomic mass is 16.5. The minimum Gasteiger partial charge on any atom is -0.469 e. The Labute approximate surface area is 121 Å². The van der Waals surface area contributed by atoms with Gasteiger partial charge in [-0.15, -0.1) is 0 Å². The van der Waals surface area contributed by atoms with E-state index in [4.69, 9.17) is 4.74 Å². The summed E-state index contributed by atoms with van der Waals surface area (Å²) >= 11 is 0. The Hall–Kier alpha value is -2.27. The van der Waals surface area contributed by atoms with Gasteiger partial charge in [0.05, 0.1) is 17.8 Å². The van der Waals surface area contributed by atoms with Crippen molar-refractivity contribution in [1.82, 2.24) is 4.57 Å². The normalized spacial score (nSPS) is 16.0. The Morgan fingerprint density at radius 3 is 2.95 bits per heavy atom. The SMILES string of the molecule is CC1=CCN2COc3c2c1cc1c(CO)cc(=O)n(C)c31. The largest absolute Gasteiger partial charge is 0.469 e. The number of rotatable bonds is 1. The maximum Gasteiger partial charge on any atom is 0.251 e. The van der Waals surface area contributed by atoms with Gasteiger partial charge in [-0.25, -0.2) is 0 Å². The summed E-state index contributed by atoms with van der Waals surface area (Å²) in [5.41, 5.74) is 4.66. The van der Waals surface area contributed by atoms with Crippen molar-refractivity contribution in [3.8, 4) is 5.75 Å². The minimum absolute atomic E-state index is 0.132. The molecule has 2 aromatic rings. The monoisotopic (exact) mass is 284 g/mol. The number of hydrogen-bond acceptors (Lipinski definition) is 4. The molecular formula is C16H16N2O3. The number of aryl methyl sites for hydroxylation is 1. The first-order valence-electron chi connectivity index (χ1n) is 6.97. The molecular weight excluding hydrogens is 268 g/mol. The molecule has 0 fully saturated rings. The number of nitrogens with zero attached hydrogens (tertiary/aromatic N) is 2. The van der Waals surface area contributed by atoms with Gasteiger partial charge in [-0.05, 0) is 24.1 Å². The lowest BCUT2D eigenvalue weighted by Crippen LogP contribution is -2.25. The van der Waals surface area contributed by atoms with Gasteiger partial charge in [-0.1, -0.05) is 6.08 Å². The van der Waals surface area contributed by atoms with Crippen LogP contribution in [-0.2, 0) is 13.7 Å². The summed E-state index contributed by atoms with van der Waals surface area (Å²) in [6.07, 6.45) is 2.17. The maximum atomic E-state index is 12.1. The Morgan fingerprint density at radius 1 is 1.38 bits per heavy atom. The first kappa shape index (κ1) is 12.5. The van der Waals surface area contributed by atoms with Crippen molar-refractivity contribution in [3.63, 3.8) is 0 Å².